The van der Waals surface area contributed by atoms with Gasteiger partial charge in [0.15, 0.2) is 0 Å². The summed E-state index contributed by atoms with van der Waals surface area (Å²) >= 11 is 12.5. The number of hydrogen-bond donors (Lipinski definition) is 1. The van der Waals surface area contributed by atoms with Crippen molar-refractivity contribution in [1.82, 2.24) is 10.2 Å². The Morgan fingerprint density at radius 1 is 1.11 bits per heavy atom. The molecule has 3 rings (SSSR count). The molecule has 1 saturated carbocycles. The van der Waals surface area contributed by atoms with Crippen LogP contribution in [0.25, 0.3) is 0 Å². The maximum Gasteiger partial charge on any atom is 0.243 e. The van der Waals surface area contributed by atoms with Crippen LogP contribution in [0.2, 0.25) is 10.0 Å². The first-order chi connectivity index (χ1) is 18.0. The molecule has 0 bridgehead atoms. The van der Waals surface area contributed by atoms with Crippen molar-refractivity contribution in [3.63, 3.8) is 0 Å². The SMILES string of the molecule is CC[C@@H](C(=O)NC1CCCC1)N(Cc1ccc(Cl)cc1Cl)C(=O)CCCN(c1cccc(C)c1)S(C)(=O)=O. The molecule has 0 spiro atoms. The lowest BCUT2D eigenvalue weighted by atomic mass is 10.1. The van der Waals surface area contributed by atoms with Crippen molar-refractivity contribution in [2.24, 2.45) is 0 Å². The number of amides is 2. The smallest absolute Gasteiger partial charge is 0.243 e. The molecule has 0 unspecified atom stereocenters. The molecular formula is C28H37Cl2N3O4S. The van der Waals surface area contributed by atoms with Gasteiger partial charge in [0.1, 0.15) is 6.04 Å². The Balaban J connectivity index is 1.78. The first-order valence-corrected chi connectivity index (χ1v) is 15.7. The number of sulfonamides is 1. The second-order valence-electron chi connectivity index (χ2n) is 9.95. The zero-order valence-electron chi connectivity index (χ0n) is 22.3. The van der Waals surface area contributed by atoms with Gasteiger partial charge in [0.25, 0.3) is 0 Å². The average Bonchev–Trinajstić information content (AvgIpc) is 3.35. The molecule has 0 aromatic heterocycles. The lowest BCUT2D eigenvalue weighted by molar-refractivity contribution is -0.141. The van der Waals surface area contributed by atoms with Gasteiger partial charge >= 0.3 is 0 Å². The number of hydrogen-bond acceptors (Lipinski definition) is 4. The molecule has 7 nitrogen and oxygen atoms in total. The number of anilines is 1. The van der Waals surface area contributed by atoms with Gasteiger partial charge < -0.3 is 10.2 Å². The van der Waals surface area contributed by atoms with Gasteiger partial charge in [-0.15, -0.1) is 0 Å². The highest BCUT2D eigenvalue weighted by atomic mass is 35.5. The molecule has 2 aromatic carbocycles. The molecule has 2 aromatic rings. The van der Waals surface area contributed by atoms with Gasteiger partial charge in [-0.2, -0.15) is 0 Å². The molecular weight excluding hydrogens is 545 g/mol. The Hall–Kier alpha value is -2.29. The summed E-state index contributed by atoms with van der Waals surface area (Å²) < 4.78 is 26.4. The molecule has 10 heteroatoms. The fraction of sp³-hybridized carbons (Fsp3) is 0.500. The lowest BCUT2D eigenvalue weighted by Gasteiger charge is -2.32. The second-order valence-corrected chi connectivity index (χ2v) is 12.7. The van der Waals surface area contributed by atoms with E-state index in [-0.39, 0.29) is 37.4 Å². The van der Waals surface area contributed by atoms with E-state index in [9.17, 15) is 18.0 Å². The zero-order chi connectivity index (χ0) is 27.9. The number of halogens is 2. The Morgan fingerprint density at radius 2 is 1.82 bits per heavy atom. The molecule has 2 amide bonds. The summed E-state index contributed by atoms with van der Waals surface area (Å²) in [6.07, 6.45) is 6.03. The summed E-state index contributed by atoms with van der Waals surface area (Å²) in [5.74, 6) is -0.405. The molecule has 1 atom stereocenters. The fourth-order valence-corrected chi connectivity index (χ4v) is 6.33. The van der Waals surface area contributed by atoms with Crippen LogP contribution in [0.5, 0.6) is 0 Å². The molecule has 1 aliphatic carbocycles. The van der Waals surface area contributed by atoms with Crippen LogP contribution in [0.4, 0.5) is 5.69 Å². The summed E-state index contributed by atoms with van der Waals surface area (Å²) in [7, 11) is -3.54. The van der Waals surface area contributed by atoms with Gasteiger partial charge in [0, 0.05) is 35.6 Å². The van der Waals surface area contributed by atoms with Gasteiger partial charge in [0.05, 0.1) is 11.9 Å². The number of nitrogens with one attached hydrogen (secondary N) is 1. The van der Waals surface area contributed by atoms with E-state index in [2.05, 4.69) is 5.32 Å². The topological polar surface area (TPSA) is 86.8 Å². The van der Waals surface area contributed by atoms with Gasteiger partial charge in [-0.1, -0.05) is 61.2 Å². The summed E-state index contributed by atoms with van der Waals surface area (Å²) in [4.78, 5) is 28.5. The highest BCUT2D eigenvalue weighted by Crippen LogP contribution is 2.25. The Bertz CT molecular complexity index is 1230. The van der Waals surface area contributed by atoms with Gasteiger partial charge in [-0.3, -0.25) is 13.9 Å². The van der Waals surface area contributed by atoms with E-state index in [0.717, 1.165) is 37.5 Å². The minimum Gasteiger partial charge on any atom is -0.352 e. The minimum absolute atomic E-state index is 0.0796. The van der Waals surface area contributed by atoms with E-state index in [1.807, 2.05) is 19.9 Å². The Morgan fingerprint density at radius 3 is 2.42 bits per heavy atom. The third-order valence-electron chi connectivity index (χ3n) is 6.89. The molecule has 0 radical (unpaired) electrons. The van der Waals surface area contributed by atoms with Crippen LogP contribution in [-0.4, -0.2) is 50.0 Å². The zero-order valence-corrected chi connectivity index (χ0v) is 24.6. The van der Waals surface area contributed by atoms with E-state index in [0.29, 0.717) is 34.1 Å². The number of benzene rings is 2. The van der Waals surface area contributed by atoms with E-state index >= 15 is 0 Å². The van der Waals surface area contributed by atoms with E-state index < -0.39 is 16.1 Å². The Labute approximate surface area is 236 Å². The normalized spacial score (nSPS) is 14.8. The standard InChI is InChI=1S/C28H37Cl2N3O4S/c1-4-26(28(35)31-23-10-5-6-11-23)32(19-21-14-15-22(29)18-25(21)30)27(34)13-8-16-33(38(3,36)37)24-12-7-9-20(2)17-24/h7,9,12,14-15,17-18,23,26H,4-6,8,10-11,13,16,19H2,1-3H3,(H,31,35)/t26-/m0/s1. The molecule has 1 N–H and O–H groups in total. The minimum atomic E-state index is -3.54. The molecule has 208 valence electrons. The second kappa shape index (κ2) is 13.7. The maximum atomic E-state index is 13.6. The number of carbonyl (C=O) groups is 2. The van der Waals surface area contributed by atoms with Crippen molar-refractivity contribution in [2.45, 2.75) is 77.4 Å². The first kappa shape index (κ1) is 30.3. The van der Waals surface area contributed by atoms with Crippen LogP contribution < -0.4 is 9.62 Å². The largest absolute Gasteiger partial charge is 0.352 e. The van der Waals surface area contributed by atoms with Crippen molar-refractivity contribution < 1.29 is 18.0 Å². The molecule has 0 heterocycles. The highest BCUT2D eigenvalue weighted by Gasteiger charge is 2.31. The van der Waals surface area contributed by atoms with Crippen molar-refractivity contribution in [3.8, 4) is 0 Å². The number of rotatable bonds is 12. The van der Waals surface area contributed by atoms with Crippen LogP contribution in [-0.2, 0) is 26.2 Å². The average molecular weight is 583 g/mol. The van der Waals surface area contributed by atoms with Crippen molar-refractivity contribution in [1.29, 1.82) is 0 Å². The molecule has 1 fully saturated rings. The summed E-state index contributed by atoms with van der Waals surface area (Å²) in [6, 6.07) is 11.8. The van der Waals surface area contributed by atoms with Crippen LogP contribution in [0.15, 0.2) is 42.5 Å². The van der Waals surface area contributed by atoms with Crippen LogP contribution in [0.3, 0.4) is 0 Å². The summed E-state index contributed by atoms with van der Waals surface area (Å²) in [6.45, 7) is 4.08. The molecule has 0 aliphatic heterocycles. The fourth-order valence-electron chi connectivity index (χ4n) is 4.91. The predicted octanol–water partition coefficient (Wildman–Crippen LogP) is 5.71. The summed E-state index contributed by atoms with van der Waals surface area (Å²) in [5, 5.41) is 4.03. The predicted molar refractivity (Wildman–Crippen MR) is 154 cm³/mol. The van der Waals surface area contributed by atoms with Crippen LogP contribution in [0, 0.1) is 6.92 Å². The monoisotopic (exact) mass is 581 g/mol. The van der Waals surface area contributed by atoms with Crippen molar-refractivity contribution >= 4 is 50.7 Å². The third kappa shape index (κ3) is 8.35. The molecule has 38 heavy (non-hydrogen) atoms. The Kier molecular flexibility index (Phi) is 10.9. The van der Waals surface area contributed by atoms with Crippen molar-refractivity contribution in [2.75, 3.05) is 17.1 Å². The van der Waals surface area contributed by atoms with Gasteiger partial charge in [0.2, 0.25) is 21.8 Å². The molecule has 1 aliphatic rings. The number of nitrogens with zero attached hydrogens (tertiary/aromatic N) is 2. The lowest BCUT2D eigenvalue weighted by Crippen LogP contribution is -2.51. The van der Waals surface area contributed by atoms with Crippen LogP contribution >= 0.6 is 23.2 Å². The molecule has 0 saturated heterocycles. The van der Waals surface area contributed by atoms with Gasteiger partial charge in [-0.25, -0.2) is 8.42 Å². The van der Waals surface area contributed by atoms with Crippen molar-refractivity contribution in [3.05, 3.63) is 63.6 Å². The highest BCUT2D eigenvalue weighted by molar-refractivity contribution is 7.92. The van der Waals surface area contributed by atoms with Crippen LogP contribution in [0.1, 0.15) is 63.0 Å². The van der Waals surface area contributed by atoms with E-state index in [4.69, 9.17) is 23.2 Å². The summed E-state index contributed by atoms with van der Waals surface area (Å²) in [5.41, 5.74) is 2.19. The number of aryl methyl sites for hydroxylation is 1. The maximum absolute atomic E-state index is 13.6. The first-order valence-electron chi connectivity index (χ1n) is 13.1. The third-order valence-corrected chi connectivity index (χ3v) is 8.67. The number of carbonyl (C=O) groups excluding carboxylic acids is 2. The van der Waals surface area contributed by atoms with E-state index in [1.165, 1.54) is 4.31 Å². The van der Waals surface area contributed by atoms with E-state index in [1.54, 1.807) is 41.3 Å². The van der Waals surface area contributed by atoms with Gasteiger partial charge in [-0.05, 0) is 68.0 Å². The quantitative estimate of drug-likeness (QED) is 0.347.